The van der Waals surface area contributed by atoms with Crippen molar-refractivity contribution in [3.8, 4) is 0 Å². The van der Waals surface area contributed by atoms with Crippen LogP contribution in [-0.2, 0) is 26.8 Å². The van der Waals surface area contributed by atoms with Crippen LogP contribution in [0.2, 0.25) is 0 Å². The predicted molar refractivity (Wildman–Crippen MR) is 218 cm³/mol. The number of nitrogens with zero attached hydrogens (tertiary/aromatic N) is 3. The molecule has 4 aliphatic heterocycles. The normalized spacial score (nSPS) is 43.9. The largest absolute Gasteiger partial charge is 0.351 e. The van der Waals surface area contributed by atoms with Crippen molar-refractivity contribution in [2.24, 2.45) is 39.9 Å². The minimum atomic E-state index is -0.264. The average Bonchev–Trinajstić information content (AvgIpc) is 3.17. The van der Waals surface area contributed by atoms with Gasteiger partial charge in [0.1, 0.15) is 0 Å². The third-order valence-electron chi connectivity index (χ3n) is 18.1. The van der Waals surface area contributed by atoms with E-state index in [1.165, 1.54) is 86.7 Å². The van der Waals surface area contributed by atoms with E-state index in [1.54, 1.807) is 0 Å². The Balaban J connectivity index is 0.867. The third-order valence-corrected chi connectivity index (χ3v) is 18.1. The van der Waals surface area contributed by atoms with Gasteiger partial charge in [0, 0.05) is 38.8 Å². The van der Waals surface area contributed by atoms with Crippen LogP contribution in [0.15, 0.2) is 48.5 Å². The minimum absolute atomic E-state index is 0.0860. The summed E-state index contributed by atoms with van der Waals surface area (Å²) in [6, 6.07) is 19.8. The van der Waals surface area contributed by atoms with Crippen LogP contribution in [-0.4, -0.2) is 84.9 Å². The lowest BCUT2D eigenvalue weighted by Crippen LogP contribution is -2.65. The summed E-state index contributed by atoms with van der Waals surface area (Å²) in [5.41, 5.74) is 5.75. The number of piperazine rings is 1. The molecule has 7 atom stereocenters. The molecule has 14 rings (SSSR count). The van der Waals surface area contributed by atoms with Crippen LogP contribution < -0.4 is 5.32 Å². The second-order valence-corrected chi connectivity index (χ2v) is 21.8. The fraction of sp³-hybridized carbons (Fsp3) is 0.714. The number of nitrogens with one attached hydrogen (secondary N) is 1. The Morgan fingerprint density at radius 2 is 1.33 bits per heavy atom. The lowest BCUT2D eigenvalue weighted by molar-refractivity contribution is -0.164. The zero-order valence-corrected chi connectivity index (χ0v) is 33.9. The summed E-state index contributed by atoms with van der Waals surface area (Å²) < 4.78 is 0. The second kappa shape index (κ2) is 12.6. The van der Waals surface area contributed by atoms with E-state index in [-0.39, 0.29) is 27.1 Å². The smallest absolute Gasteiger partial charge is 0.228 e. The molecule has 12 aliphatic rings. The van der Waals surface area contributed by atoms with Gasteiger partial charge in [-0.3, -0.25) is 9.59 Å². The zero-order valence-electron chi connectivity index (χ0n) is 33.9. The van der Waals surface area contributed by atoms with Crippen molar-refractivity contribution in [3.63, 3.8) is 0 Å². The minimum Gasteiger partial charge on any atom is -0.351 e. The molecule has 4 saturated heterocycles. The standard InChI is InChI=1S/C49H66N4O2/c1-3-51-16-18-53(19-17-51)44(55)47-25-36-20-37(26-47)24-46(23-36,32-47)40-10-6-35(7-11-40)21-45-22-38-27-48(30-45,41-8-4-34(2)5-9-41)33-49(28-38,31-45)43(54)50-42-29-52-14-12-39(42)13-15-52/h4-11,36-39,42H,3,12-33H2,1-2H3,(H,50,54). The van der Waals surface area contributed by atoms with Crippen LogP contribution >= 0.6 is 0 Å². The summed E-state index contributed by atoms with van der Waals surface area (Å²) in [6.45, 7) is 12.9. The fourth-order valence-electron chi connectivity index (χ4n) is 16.6. The van der Waals surface area contributed by atoms with Crippen molar-refractivity contribution >= 4 is 11.8 Å². The molecule has 6 heteroatoms. The highest BCUT2D eigenvalue weighted by Crippen LogP contribution is 2.71. The first-order valence-electron chi connectivity index (χ1n) is 22.8. The highest BCUT2D eigenvalue weighted by atomic mass is 16.2. The van der Waals surface area contributed by atoms with Crippen LogP contribution in [0.25, 0.3) is 0 Å². The Labute approximate surface area is 330 Å². The predicted octanol–water partition coefficient (Wildman–Crippen LogP) is 7.66. The molecule has 6 nitrogen and oxygen atoms in total. The molecule has 0 aromatic heterocycles. The van der Waals surface area contributed by atoms with Gasteiger partial charge in [-0.1, -0.05) is 61.0 Å². The Bertz CT molecular complexity index is 1810. The lowest BCUT2D eigenvalue weighted by Gasteiger charge is -2.66. The molecule has 4 heterocycles. The monoisotopic (exact) mass is 743 g/mol. The van der Waals surface area contributed by atoms with Crippen LogP contribution in [0.3, 0.4) is 0 Å². The zero-order chi connectivity index (χ0) is 37.2. The van der Waals surface area contributed by atoms with E-state index in [4.69, 9.17) is 0 Å². The van der Waals surface area contributed by atoms with Crippen molar-refractivity contribution in [3.05, 3.63) is 70.8 Å². The quantitative estimate of drug-likeness (QED) is 0.302. The molecule has 10 bridgehead atoms. The number of benzene rings is 2. The number of hydrogen-bond donors (Lipinski definition) is 1. The number of fused-ring (bicyclic) bond motifs is 3. The van der Waals surface area contributed by atoms with Crippen molar-refractivity contribution in [2.75, 3.05) is 52.4 Å². The second-order valence-electron chi connectivity index (χ2n) is 21.8. The van der Waals surface area contributed by atoms with E-state index in [2.05, 4.69) is 82.4 Å². The number of aryl methyl sites for hydroxylation is 1. The highest BCUT2D eigenvalue weighted by molar-refractivity contribution is 5.84. The molecular formula is C49H66N4O2. The van der Waals surface area contributed by atoms with Gasteiger partial charge in [0.05, 0.1) is 10.8 Å². The summed E-state index contributed by atoms with van der Waals surface area (Å²) >= 11 is 0. The number of carbonyl (C=O) groups is 2. The first kappa shape index (κ1) is 35.5. The van der Waals surface area contributed by atoms with Gasteiger partial charge < -0.3 is 20.0 Å². The summed E-state index contributed by atoms with van der Waals surface area (Å²) in [5, 5.41) is 3.76. The maximum Gasteiger partial charge on any atom is 0.228 e. The number of likely N-dealkylation sites (N-methyl/N-ethyl adjacent to an activating group) is 1. The van der Waals surface area contributed by atoms with E-state index in [0.29, 0.717) is 41.5 Å². The third kappa shape index (κ3) is 5.75. The molecular weight excluding hydrogens is 677 g/mol. The SMILES string of the molecule is CCN1CCN(C(=O)C23CC4CC(C2)CC(c2ccc(CC56CC7CC(C(=O)NC8CN9CCC8CC9)(C5)CC(c5ccc(C)cc5)(C7)C6)cc2)(C4)C3)CC1. The maximum atomic E-state index is 14.9. The van der Waals surface area contributed by atoms with Gasteiger partial charge in [-0.25, -0.2) is 0 Å². The van der Waals surface area contributed by atoms with Crippen LogP contribution in [0.4, 0.5) is 0 Å². The Kier molecular flexibility index (Phi) is 8.16. The van der Waals surface area contributed by atoms with E-state index < -0.39 is 0 Å². The summed E-state index contributed by atoms with van der Waals surface area (Å²) in [7, 11) is 0. The maximum absolute atomic E-state index is 14.9. The summed E-state index contributed by atoms with van der Waals surface area (Å²) in [4.78, 5) is 36.7. The summed E-state index contributed by atoms with van der Waals surface area (Å²) in [5.74, 6) is 3.53. The van der Waals surface area contributed by atoms with Gasteiger partial charge in [0.25, 0.3) is 0 Å². The molecule has 2 aromatic carbocycles. The van der Waals surface area contributed by atoms with Gasteiger partial charge in [0.15, 0.2) is 0 Å². The molecule has 55 heavy (non-hydrogen) atoms. The van der Waals surface area contributed by atoms with Gasteiger partial charge >= 0.3 is 0 Å². The molecule has 8 aliphatic carbocycles. The number of amides is 2. The number of carbonyl (C=O) groups excluding carboxylic acids is 2. The van der Waals surface area contributed by atoms with Gasteiger partial charge in [-0.15, -0.1) is 0 Å². The Morgan fingerprint density at radius 3 is 2.00 bits per heavy atom. The molecule has 8 saturated carbocycles. The van der Waals surface area contributed by atoms with Crippen molar-refractivity contribution in [1.29, 1.82) is 0 Å². The van der Waals surface area contributed by atoms with E-state index >= 15 is 0 Å². The molecule has 12 fully saturated rings. The average molecular weight is 743 g/mol. The molecule has 7 unspecified atom stereocenters. The van der Waals surface area contributed by atoms with Gasteiger partial charge in [-0.05, 0) is 179 Å². The van der Waals surface area contributed by atoms with Crippen LogP contribution in [0.1, 0.15) is 119 Å². The van der Waals surface area contributed by atoms with Crippen LogP contribution in [0, 0.1) is 46.8 Å². The van der Waals surface area contributed by atoms with Gasteiger partial charge in [-0.2, -0.15) is 0 Å². The topological polar surface area (TPSA) is 55.9 Å². The van der Waals surface area contributed by atoms with Gasteiger partial charge in [0.2, 0.25) is 11.8 Å². The number of hydrogen-bond acceptors (Lipinski definition) is 4. The Hall–Kier alpha value is -2.70. The molecule has 2 aromatic rings. The summed E-state index contributed by atoms with van der Waals surface area (Å²) in [6.07, 6.45) is 17.6. The van der Waals surface area contributed by atoms with Crippen molar-refractivity contribution in [1.82, 2.24) is 20.0 Å². The molecule has 2 amide bonds. The molecule has 0 spiro atoms. The van der Waals surface area contributed by atoms with E-state index in [0.717, 1.165) is 84.2 Å². The number of piperidine rings is 3. The first-order chi connectivity index (χ1) is 26.6. The molecule has 1 N–H and O–H groups in total. The molecule has 0 radical (unpaired) electrons. The van der Waals surface area contributed by atoms with Crippen molar-refractivity contribution < 1.29 is 9.59 Å². The van der Waals surface area contributed by atoms with E-state index in [9.17, 15) is 9.59 Å². The fourth-order valence-corrected chi connectivity index (χ4v) is 16.6. The highest BCUT2D eigenvalue weighted by Gasteiger charge is 2.66. The molecule has 294 valence electrons. The lowest BCUT2D eigenvalue weighted by atomic mass is 9.37. The first-order valence-corrected chi connectivity index (χ1v) is 22.8. The van der Waals surface area contributed by atoms with Crippen LogP contribution in [0.5, 0.6) is 0 Å². The van der Waals surface area contributed by atoms with E-state index in [1.807, 2.05) is 0 Å². The Morgan fingerprint density at radius 1 is 0.691 bits per heavy atom. The number of rotatable bonds is 8. The van der Waals surface area contributed by atoms with Crippen molar-refractivity contribution in [2.45, 2.75) is 127 Å².